The average Bonchev–Trinajstić information content (AvgIpc) is 2.97. The van der Waals surface area contributed by atoms with Gasteiger partial charge < -0.3 is 14.6 Å². The smallest absolute Gasteiger partial charge is 0.358 e. The van der Waals surface area contributed by atoms with Crippen LogP contribution in [0.5, 0.6) is 0 Å². The van der Waals surface area contributed by atoms with Crippen molar-refractivity contribution in [1.29, 1.82) is 0 Å². The fraction of sp³-hybridized carbons (Fsp3) is 0.636. The Balaban J connectivity index is 2.30. The Kier molecular flexibility index (Phi) is 4.94. The third-order valence-electron chi connectivity index (χ3n) is 3.26. The Morgan fingerprint density at radius 3 is 2.81 bits per heavy atom. The summed E-state index contributed by atoms with van der Waals surface area (Å²) in [5.41, 5.74) is 0.0281. The van der Waals surface area contributed by atoms with Crippen LogP contribution in [0.15, 0.2) is 9.72 Å². The van der Waals surface area contributed by atoms with Gasteiger partial charge in [0.05, 0.1) is 24.8 Å². The molecule has 1 aliphatic heterocycles. The van der Waals surface area contributed by atoms with Gasteiger partial charge in [-0.2, -0.15) is 0 Å². The van der Waals surface area contributed by atoms with E-state index in [0.717, 1.165) is 18.4 Å². The lowest BCUT2D eigenvalue weighted by molar-refractivity contribution is 0.0223. The van der Waals surface area contributed by atoms with Crippen molar-refractivity contribution in [3.05, 3.63) is 11.2 Å². The number of carbonyl (C=O) groups is 1. The second-order valence-electron chi connectivity index (χ2n) is 4.64. The number of ether oxygens (including phenoxy) is 2. The topological polar surface area (TPSA) is 115 Å². The van der Waals surface area contributed by atoms with E-state index >= 15 is 0 Å². The van der Waals surface area contributed by atoms with Crippen molar-refractivity contribution in [2.45, 2.75) is 22.6 Å². The van der Waals surface area contributed by atoms with Gasteiger partial charge in [-0.05, 0) is 12.8 Å². The van der Waals surface area contributed by atoms with E-state index in [2.05, 4.69) is 14.4 Å². The maximum absolute atomic E-state index is 12.5. The second-order valence-corrected chi connectivity index (χ2v) is 7.37. The highest BCUT2D eigenvalue weighted by molar-refractivity contribution is 7.91. The average molecular weight is 336 g/mol. The number of aromatic nitrogens is 1. The molecule has 0 aromatic carbocycles. The van der Waals surface area contributed by atoms with Gasteiger partial charge in [0.25, 0.3) is 10.0 Å². The normalized spacial score (nSPS) is 18.4. The zero-order valence-corrected chi connectivity index (χ0v) is 13.0. The number of sulfonamides is 1. The number of hydrogen-bond donors (Lipinski definition) is 2. The molecule has 0 aliphatic carbocycles. The standard InChI is InChI=1S/C11H16N2O6S2/c1-18-9(15)8-10(20-7-12-8)21(16,17)13-11(6-14)2-4-19-5-3-11/h7,13-14H,2-6H2,1H3. The summed E-state index contributed by atoms with van der Waals surface area (Å²) in [5, 5.41) is 9.54. The summed E-state index contributed by atoms with van der Waals surface area (Å²) >= 11 is 0.823. The minimum absolute atomic E-state index is 0.214. The third kappa shape index (κ3) is 3.40. The molecule has 1 aromatic rings. The molecule has 2 heterocycles. The number of esters is 1. The number of methoxy groups -OCH3 is 1. The van der Waals surface area contributed by atoms with Gasteiger partial charge in [-0.25, -0.2) is 22.9 Å². The first-order valence-corrected chi connectivity index (χ1v) is 8.55. The first-order chi connectivity index (χ1) is 9.94. The summed E-state index contributed by atoms with van der Waals surface area (Å²) in [7, 11) is -2.83. The van der Waals surface area contributed by atoms with E-state index in [0.29, 0.717) is 26.1 Å². The molecule has 0 atom stereocenters. The van der Waals surface area contributed by atoms with Crippen LogP contribution in [0.1, 0.15) is 23.3 Å². The summed E-state index contributed by atoms with van der Waals surface area (Å²) < 4.78 is 36.9. The number of aliphatic hydroxyl groups excluding tert-OH is 1. The van der Waals surface area contributed by atoms with Gasteiger partial charge in [0.15, 0.2) is 9.90 Å². The van der Waals surface area contributed by atoms with E-state index in [1.165, 1.54) is 5.51 Å². The number of nitrogens with zero attached hydrogens (tertiary/aromatic N) is 1. The molecule has 0 amide bonds. The molecule has 118 valence electrons. The predicted octanol–water partition coefficient (Wildman–Crippen LogP) is -0.251. The molecule has 0 unspecified atom stereocenters. The minimum atomic E-state index is -3.98. The van der Waals surface area contributed by atoms with E-state index in [-0.39, 0.29) is 16.5 Å². The van der Waals surface area contributed by atoms with Crippen LogP contribution in [0, 0.1) is 0 Å². The molecule has 0 bridgehead atoms. The molecule has 1 aliphatic rings. The quantitative estimate of drug-likeness (QED) is 0.712. The molecular weight excluding hydrogens is 320 g/mol. The van der Waals surface area contributed by atoms with Crippen molar-refractivity contribution in [2.75, 3.05) is 26.9 Å². The monoisotopic (exact) mass is 336 g/mol. The van der Waals surface area contributed by atoms with Crippen molar-refractivity contribution in [2.24, 2.45) is 0 Å². The van der Waals surface area contributed by atoms with Crippen molar-refractivity contribution >= 4 is 27.3 Å². The first kappa shape index (κ1) is 16.3. The number of hydrogen-bond acceptors (Lipinski definition) is 8. The Labute approximate surface area is 126 Å². The van der Waals surface area contributed by atoms with Crippen LogP contribution >= 0.6 is 11.3 Å². The maximum atomic E-state index is 12.5. The predicted molar refractivity (Wildman–Crippen MR) is 73.6 cm³/mol. The SMILES string of the molecule is COC(=O)c1ncsc1S(=O)(=O)NC1(CO)CCOCC1. The molecular formula is C11H16N2O6S2. The maximum Gasteiger partial charge on any atom is 0.358 e. The van der Waals surface area contributed by atoms with E-state index in [4.69, 9.17) is 4.74 Å². The van der Waals surface area contributed by atoms with Crippen molar-refractivity contribution in [3.8, 4) is 0 Å². The highest BCUT2D eigenvalue weighted by Crippen LogP contribution is 2.26. The largest absolute Gasteiger partial charge is 0.464 e. The van der Waals surface area contributed by atoms with Gasteiger partial charge >= 0.3 is 5.97 Å². The lowest BCUT2D eigenvalue weighted by Crippen LogP contribution is -2.54. The Hall–Kier alpha value is -1.07. The molecule has 0 spiro atoms. The van der Waals surface area contributed by atoms with Gasteiger partial charge in [-0.1, -0.05) is 0 Å². The summed E-state index contributed by atoms with van der Waals surface area (Å²) in [4.78, 5) is 15.3. The molecule has 0 radical (unpaired) electrons. The Morgan fingerprint density at radius 2 is 2.24 bits per heavy atom. The Bertz CT molecular complexity index is 606. The lowest BCUT2D eigenvalue weighted by atomic mass is 9.93. The molecule has 10 heteroatoms. The van der Waals surface area contributed by atoms with E-state index < -0.39 is 21.5 Å². The van der Waals surface area contributed by atoms with Gasteiger partial charge in [0, 0.05) is 13.2 Å². The second kappa shape index (κ2) is 6.36. The molecule has 2 N–H and O–H groups in total. The van der Waals surface area contributed by atoms with Crippen LogP contribution < -0.4 is 4.72 Å². The van der Waals surface area contributed by atoms with Crippen molar-refractivity contribution < 1.29 is 27.8 Å². The third-order valence-corrected chi connectivity index (χ3v) is 6.21. The zero-order valence-electron chi connectivity index (χ0n) is 11.4. The fourth-order valence-electron chi connectivity index (χ4n) is 2.04. The molecule has 21 heavy (non-hydrogen) atoms. The summed E-state index contributed by atoms with van der Waals surface area (Å²) in [6.45, 7) is 0.368. The van der Waals surface area contributed by atoms with E-state index in [1.54, 1.807) is 0 Å². The van der Waals surface area contributed by atoms with Crippen LogP contribution in [0.25, 0.3) is 0 Å². The lowest BCUT2D eigenvalue weighted by Gasteiger charge is -2.35. The van der Waals surface area contributed by atoms with Gasteiger partial charge in [-0.3, -0.25) is 0 Å². The van der Waals surface area contributed by atoms with Crippen LogP contribution in [0.4, 0.5) is 0 Å². The molecule has 1 aromatic heterocycles. The van der Waals surface area contributed by atoms with Crippen LogP contribution in [-0.2, 0) is 19.5 Å². The first-order valence-electron chi connectivity index (χ1n) is 6.18. The number of carbonyl (C=O) groups excluding carboxylic acids is 1. The number of nitrogens with one attached hydrogen (secondary N) is 1. The van der Waals surface area contributed by atoms with Crippen LogP contribution in [0.3, 0.4) is 0 Å². The number of rotatable bonds is 5. The highest BCUT2D eigenvalue weighted by Gasteiger charge is 2.38. The van der Waals surface area contributed by atoms with Crippen LogP contribution in [0.2, 0.25) is 0 Å². The zero-order chi connectivity index (χ0) is 15.5. The summed E-state index contributed by atoms with van der Waals surface area (Å²) in [5.74, 6) is -0.818. The van der Waals surface area contributed by atoms with Crippen molar-refractivity contribution in [3.63, 3.8) is 0 Å². The molecule has 2 rings (SSSR count). The van der Waals surface area contributed by atoms with E-state index in [1.807, 2.05) is 0 Å². The molecule has 8 nitrogen and oxygen atoms in total. The number of aliphatic hydroxyl groups is 1. The van der Waals surface area contributed by atoms with Crippen LogP contribution in [-0.4, -0.2) is 56.9 Å². The van der Waals surface area contributed by atoms with Gasteiger partial charge in [-0.15, -0.1) is 11.3 Å². The van der Waals surface area contributed by atoms with Gasteiger partial charge in [0.1, 0.15) is 0 Å². The van der Waals surface area contributed by atoms with Crippen molar-refractivity contribution in [1.82, 2.24) is 9.71 Å². The minimum Gasteiger partial charge on any atom is -0.464 e. The fourth-order valence-corrected chi connectivity index (χ4v) is 4.63. The van der Waals surface area contributed by atoms with Gasteiger partial charge in [0.2, 0.25) is 0 Å². The molecule has 1 fully saturated rings. The summed E-state index contributed by atoms with van der Waals surface area (Å²) in [6.07, 6.45) is 0.712. The summed E-state index contributed by atoms with van der Waals surface area (Å²) in [6, 6.07) is 0. The van der Waals surface area contributed by atoms with E-state index in [9.17, 15) is 18.3 Å². The number of thiazole rings is 1. The molecule has 1 saturated heterocycles. The highest BCUT2D eigenvalue weighted by atomic mass is 32.2. The Morgan fingerprint density at radius 1 is 1.57 bits per heavy atom. The molecule has 0 saturated carbocycles.